The highest BCUT2D eigenvalue weighted by Gasteiger charge is 2.19. The number of anilines is 2. The lowest BCUT2D eigenvalue weighted by Crippen LogP contribution is -1.96. The standard InChI is InChI=1S/C16H11FN4O3S2/c1-9(22)10-5-6-14(13(7-10)21(23)24)25-16-20-19-15(26-16)18-12-4-2-3-11(17)8-12/h2-8H,1H3,(H,18,19). The smallest absolute Gasteiger partial charge is 0.284 e. The largest absolute Gasteiger partial charge is 0.330 e. The van der Waals surface area contributed by atoms with Gasteiger partial charge in [0.05, 0.1) is 9.82 Å². The fraction of sp³-hybridized carbons (Fsp3) is 0.0625. The Labute approximate surface area is 155 Å². The van der Waals surface area contributed by atoms with Gasteiger partial charge in [-0.25, -0.2) is 4.39 Å². The Bertz CT molecular complexity index is 993. The Kier molecular flexibility index (Phi) is 5.24. The molecule has 0 unspecified atom stereocenters. The number of benzene rings is 2. The molecule has 0 saturated carbocycles. The summed E-state index contributed by atoms with van der Waals surface area (Å²) in [6.45, 7) is 1.35. The Morgan fingerprint density at radius 2 is 2.08 bits per heavy atom. The molecule has 3 aromatic rings. The second-order valence-corrected chi connectivity index (χ2v) is 7.37. The van der Waals surface area contributed by atoms with Gasteiger partial charge in [-0.1, -0.05) is 17.4 Å². The van der Waals surface area contributed by atoms with Crippen LogP contribution in [0.3, 0.4) is 0 Å². The predicted molar refractivity (Wildman–Crippen MR) is 96.8 cm³/mol. The lowest BCUT2D eigenvalue weighted by atomic mass is 10.1. The van der Waals surface area contributed by atoms with Crippen molar-refractivity contribution in [2.24, 2.45) is 0 Å². The first-order valence-electron chi connectivity index (χ1n) is 7.25. The van der Waals surface area contributed by atoms with Gasteiger partial charge in [-0.3, -0.25) is 14.9 Å². The summed E-state index contributed by atoms with van der Waals surface area (Å²) in [7, 11) is 0. The lowest BCUT2D eigenvalue weighted by molar-refractivity contribution is -0.387. The van der Waals surface area contributed by atoms with Gasteiger partial charge in [0.2, 0.25) is 5.13 Å². The Hall–Kier alpha value is -2.85. The molecule has 10 heteroatoms. The molecule has 1 heterocycles. The Balaban J connectivity index is 1.80. The third kappa shape index (κ3) is 4.21. The second-order valence-electron chi connectivity index (χ2n) is 5.11. The molecule has 26 heavy (non-hydrogen) atoms. The average Bonchev–Trinajstić information content (AvgIpc) is 3.01. The maximum atomic E-state index is 13.2. The summed E-state index contributed by atoms with van der Waals surface area (Å²) in [5.41, 5.74) is 0.624. The molecule has 0 spiro atoms. The van der Waals surface area contributed by atoms with E-state index in [2.05, 4.69) is 15.5 Å². The first-order valence-corrected chi connectivity index (χ1v) is 8.89. The van der Waals surface area contributed by atoms with Gasteiger partial charge in [0.25, 0.3) is 5.69 Å². The quantitative estimate of drug-likeness (QED) is 0.370. The minimum Gasteiger partial charge on any atom is -0.330 e. The minimum absolute atomic E-state index is 0.169. The van der Waals surface area contributed by atoms with E-state index in [1.54, 1.807) is 12.1 Å². The molecule has 0 saturated heterocycles. The van der Waals surface area contributed by atoms with Gasteiger partial charge in [-0.15, -0.1) is 10.2 Å². The van der Waals surface area contributed by atoms with E-state index in [1.165, 1.54) is 48.6 Å². The number of nitro groups is 1. The van der Waals surface area contributed by atoms with Crippen LogP contribution in [0.2, 0.25) is 0 Å². The van der Waals surface area contributed by atoms with Crippen LogP contribution in [0.4, 0.5) is 20.9 Å². The molecule has 7 nitrogen and oxygen atoms in total. The summed E-state index contributed by atoms with van der Waals surface area (Å²) >= 11 is 2.25. The van der Waals surface area contributed by atoms with Gasteiger partial charge in [0.1, 0.15) is 5.82 Å². The lowest BCUT2D eigenvalue weighted by Gasteiger charge is -2.02. The number of rotatable bonds is 6. The third-order valence-corrected chi connectivity index (χ3v) is 5.20. The highest BCUT2D eigenvalue weighted by Crippen LogP contribution is 2.38. The third-order valence-electron chi connectivity index (χ3n) is 3.24. The van der Waals surface area contributed by atoms with Crippen molar-refractivity contribution >= 4 is 45.4 Å². The van der Waals surface area contributed by atoms with Crippen LogP contribution in [-0.2, 0) is 0 Å². The molecule has 0 aliphatic heterocycles. The summed E-state index contributed by atoms with van der Waals surface area (Å²) in [6, 6.07) is 10.2. The number of Topliss-reactive ketones (excluding diaryl/α,β-unsaturated/α-hetero) is 1. The van der Waals surface area contributed by atoms with Gasteiger partial charge < -0.3 is 5.32 Å². The number of nitro benzene ring substituents is 1. The number of hydrogen-bond donors (Lipinski definition) is 1. The van der Waals surface area contributed by atoms with Crippen LogP contribution in [0.25, 0.3) is 0 Å². The van der Waals surface area contributed by atoms with Crippen LogP contribution in [0.5, 0.6) is 0 Å². The van der Waals surface area contributed by atoms with E-state index in [4.69, 9.17) is 0 Å². The fourth-order valence-corrected chi connectivity index (χ4v) is 3.86. The van der Waals surface area contributed by atoms with Crippen LogP contribution in [0.1, 0.15) is 17.3 Å². The zero-order valence-electron chi connectivity index (χ0n) is 13.3. The van der Waals surface area contributed by atoms with Crippen molar-refractivity contribution in [2.75, 3.05) is 5.32 Å². The molecule has 0 amide bonds. The maximum Gasteiger partial charge on any atom is 0.284 e. The fourth-order valence-electron chi connectivity index (χ4n) is 2.05. The van der Waals surface area contributed by atoms with Gasteiger partial charge in [0.15, 0.2) is 10.1 Å². The zero-order valence-corrected chi connectivity index (χ0v) is 14.9. The summed E-state index contributed by atoms with van der Waals surface area (Å²) in [5.74, 6) is -0.627. The van der Waals surface area contributed by atoms with Crippen molar-refractivity contribution in [1.82, 2.24) is 10.2 Å². The minimum atomic E-state index is -0.540. The summed E-state index contributed by atoms with van der Waals surface area (Å²) in [5, 5.41) is 22.5. The summed E-state index contributed by atoms with van der Waals surface area (Å²) in [6.07, 6.45) is 0. The van der Waals surface area contributed by atoms with Gasteiger partial charge in [0, 0.05) is 17.3 Å². The summed E-state index contributed by atoms with van der Waals surface area (Å²) in [4.78, 5) is 22.5. The van der Waals surface area contributed by atoms with Crippen LogP contribution in [0, 0.1) is 15.9 Å². The maximum absolute atomic E-state index is 13.2. The van der Waals surface area contributed by atoms with Crippen LogP contribution in [-0.4, -0.2) is 20.9 Å². The second kappa shape index (κ2) is 7.58. The molecule has 0 atom stereocenters. The molecular formula is C16H11FN4O3S2. The van der Waals surface area contributed by atoms with E-state index in [1.807, 2.05) is 0 Å². The number of nitrogens with one attached hydrogen (secondary N) is 1. The van der Waals surface area contributed by atoms with E-state index in [0.717, 1.165) is 11.8 Å². The highest BCUT2D eigenvalue weighted by atomic mass is 32.2. The molecule has 1 N–H and O–H groups in total. The molecule has 0 fully saturated rings. The average molecular weight is 390 g/mol. The zero-order chi connectivity index (χ0) is 18.7. The normalized spacial score (nSPS) is 10.5. The number of carbonyl (C=O) groups is 1. The van der Waals surface area contributed by atoms with Crippen molar-refractivity contribution in [3.63, 3.8) is 0 Å². The topological polar surface area (TPSA) is 98.0 Å². The molecule has 2 aromatic carbocycles. The molecule has 132 valence electrons. The van der Waals surface area contributed by atoms with Gasteiger partial charge >= 0.3 is 0 Å². The molecule has 0 radical (unpaired) electrons. The molecule has 0 bridgehead atoms. The van der Waals surface area contributed by atoms with E-state index < -0.39 is 4.92 Å². The van der Waals surface area contributed by atoms with Crippen molar-refractivity contribution < 1.29 is 14.1 Å². The number of halogens is 1. The van der Waals surface area contributed by atoms with Gasteiger partial charge in [-0.05, 0) is 49.0 Å². The van der Waals surface area contributed by atoms with E-state index in [-0.39, 0.29) is 22.9 Å². The molecule has 3 rings (SSSR count). The molecular weight excluding hydrogens is 379 g/mol. The Morgan fingerprint density at radius 1 is 1.27 bits per heavy atom. The molecule has 1 aromatic heterocycles. The first-order chi connectivity index (χ1) is 12.4. The van der Waals surface area contributed by atoms with E-state index in [9.17, 15) is 19.3 Å². The number of nitrogens with zero attached hydrogens (tertiary/aromatic N) is 3. The van der Waals surface area contributed by atoms with Crippen LogP contribution in [0.15, 0.2) is 51.7 Å². The van der Waals surface area contributed by atoms with Crippen molar-refractivity contribution in [3.05, 3.63) is 64.0 Å². The first kappa shape index (κ1) is 18.0. The SMILES string of the molecule is CC(=O)c1ccc(Sc2nnc(Nc3cccc(F)c3)s2)c([N+](=O)[O-])c1. The highest BCUT2D eigenvalue weighted by molar-refractivity contribution is 8.01. The number of ketones is 1. The molecule has 0 aliphatic carbocycles. The summed E-state index contributed by atoms with van der Waals surface area (Å²) < 4.78 is 13.7. The van der Waals surface area contributed by atoms with Gasteiger partial charge in [-0.2, -0.15) is 0 Å². The number of aromatic nitrogens is 2. The number of hydrogen-bond acceptors (Lipinski definition) is 8. The van der Waals surface area contributed by atoms with E-state index >= 15 is 0 Å². The molecule has 0 aliphatic rings. The Morgan fingerprint density at radius 3 is 2.77 bits per heavy atom. The van der Waals surface area contributed by atoms with Crippen LogP contribution >= 0.6 is 23.1 Å². The monoisotopic (exact) mass is 390 g/mol. The van der Waals surface area contributed by atoms with E-state index in [0.29, 0.717) is 20.1 Å². The van der Waals surface area contributed by atoms with Crippen LogP contribution < -0.4 is 5.32 Å². The van der Waals surface area contributed by atoms with Crippen molar-refractivity contribution in [3.8, 4) is 0 Å². The van der Waals surface area contributed by atoms with Crippen molar-refractivity contribution in [1.29, 1.82) is 0 Å². The number of carbonyl (C=O) groups excluding carboxylic acids is 1. The predicted octanol–water partition coefficient (Wildman–Crippen LogP) is 4.68. The van der Waals surface area contributed by atoms with Crippen molar-refractivity contribution in [2.45, 2.75) is 16.2 Å².